The highest BCUT2D eigenvalue weighted by Crippen LogP contribution is 2.24. The maximum absolute atomic E-state index is 12.8. The molecule has 0 bridgehead atoms. The summed E-state index contributed by atoms with van der Waals surface area (Å²) in [5.74, 6) is -1.83. The Hall–Kier alpha value is -2.41. The number of amides is 1. The standard InChI is InChI=1S/C17H23NO6/c1-6-23-14(20)17(5,13(19)12-10-8-7-9-11-12)18(22)15(21)24-16(2,3)4/h7-11,22H,6H2,1-5H3. The minimum atomic E-state index is -2.26. The Labute approximate surface area is 141 Å². The summed E-state index contributed by atoms with van der Waals surface area (Å²) in [5.41, 5.74) is -3.03. The molecule has 1 N–H and O–H groups in total. The van der Waals surface area contributed by atoms with Crippen molar-refractivity contribution in [2.75, 3.05) is 6.61 Å². The van der Waals surface area contributed by atoms with Crippen molar-refractivity contribution in [2.24, 2.45) is 0 Å². The molecule has 7 nitrogen and oxygen atoms in total. The van der Waals surface area contributed by atoms with Gasteiger partial charge in [-0.3, -0.25) is 10.0 Å². The predicted molar refractivity (Wildman–Crippen MR) is 85.7 cm³/mol. The average molecular weight is 337 g/mol. The first-order valence-electron chi connectivity index (χ1n) is 7.53. The van der Waals surface area contributed by atoms with Crippen molar-refractivity contribution in [3.05, 3.63) is 35.9 Å². The highest BCUT2D eigenvalue weighted by Gasteiger charge is 2.52. The number of hydrogen-bond donors (Lipinski definition) is 1. The molecule has 0 saturated heterocycles. The molecular weight excluding hydrogens is 314 g/mol. The highest BCUT2D eigenvalue weighted by atomic mass is 16.6. The third-order valence-electron chi connectivity index (χ3n) is 3.14. The summed E-state index contributed by atoms with van der Waals surface area (Å²) in [5, 5.41) is 10.3. The summed E-state index contributed by atoms with van der Waals surface area (Å²) in [6.45, 7) is 7.45. The van der Waals surface area contributed by atoms with Gasteiger partial charge in [-0.2, -0.15) is 5.06 Å². The van der Waals surface area contributed by atoms with Crippen molar-refractivity contribution in [2.45, 2.75) is 45.8 Å². The van der Waals surface area contributed by atoms with Crippen molar-refractivity contribution in [1.82, 2.24) is 5.06 Å². The summed E-state index contributed by atoms with van der Waals surface area (Å²) >= 11 is 0. The minimum Gasteiger partial charge on any atom is -0.464 e. The third-order valence-corrected chi connectivity index (χ3v) is 3.14. The van der Waals surface area contributed by atoms with E-state index in [1.54, 1.807) is 45.9 Å². The van der Waals surface area contributed by atoms with Crippen LogP contribution in [0.5, 0.6) is 0 Å². The molecule has 1 unspecified atom stereocenters. The highest BCUT2D eigenvalue weighted by molar-refractivity contribution is 6.17. The first-order valence-corrected chi connectivity index (χ1v) is 7.53. The number of benzene rings is 1. The Morgan fingerprint density at radius 2 is 1.62 bits per heavy atom. The average Bonchev–Trinajstić information content (AvgIpc) is 2.52. The largest absolute Gasteiger partial charge is 0.464 e. The molecule has 0 radical (unpaired) electrons. The van der Waals surface area contributed by atoms with Crippen LogP contribution in [-0.4, -0.2) is 45.9 Å². The first-order chi connectivity index (χ1) is 11.0. The van der Waals surface area contributed by atoms with E-state index in [4.69, 9.17) is 9.47 Å². The Kier molecular flexibility index (Phi) is 6.09. The van der Waals surface area contributed by atoms with E-state index in [1.165, 1.54) is 12.1 Å². The SMILES string of the molecule is CCOC(=O)C(C)(C(=O)c1ccccc1)N(O)C(=O)OC(C)(C)C. The van der Waals surface area contributed by atoms with Crippen molar-refractivity contribution in [3.63, 3.8) is 0 Å². The number of rotatable bonds is 5. The maximum atomic E-state index is 12.8. The molecule has 1 aromatic carbocycles. The van der Waals surface area contributed by atoms with E-state index in [2.05, 4.69) is 0 Å². The van der Waals surface area contributed by atoms with E-state index in [9.17, 15) is 19.6 Å². The molecule has 1 amide bonds. The van der Waals surface area contributed by atoms with E-state index in [0.29, 0.717) is 0 Å². The second-order valence-electron chi connectivity index (χ2n) is 6.28. The molecule has 0 heterocycles. The number of ketones is 1. The number of carbonyl (C=O) groups excluding carboxylic acids is 3. The van der Waals surface area contributed by atoms with Gasteiger partial charge in [0.2, 0.25) is 11.3 Å². The van der Waals surface area contributed by atoms with Crippen LogP contribution in [0.2, 0.25) is 0 Å². The van der Waals surface area contributed by atoms with Crippen molar-refractivity contribution >= 4 is 17.8 Å². The lowest BCUT2D eigenvalue weighted by molar-refractivity contribution is -0.180. The summed E-state index contributed by atoms with van der Waals surface area (Å²) in [4.78, 5) is 37.3. The Morgan fingerprint density at radius 3 is 2.08 bits per heavy atom. The van der Waals surface area contributed by atoms with Gasteiger partial charge in [-0.15, -0.1) is 0 Å². The Bertz CT molecular complexity index is 607. The molecule has 1 aromatic rings. The Balaban J connectivity index is 3.26. The van der Waals surface area contributed by atoms with E-state index >= 15 is 0 Å². The molecule has 0 aliphatic heterocycles. The molecular formula is C17H23NO6. The number of hydrogen-bond acceptors (Lipinski definition) is 6. The minimum absolute atomic E-state index is 0.00836. The van der Waals surface area contributed by atoms with Crippen LogP contribution in [0.3, 0.4) is 0 Å². The quantitative estimate of drug-likeness (QED) is 0.292. The van der Waals surface area contributed by atoms with Gasteiger partial charge in [0, 0.05) is 5.56 Å². The predicted octanol–water partition coefficient (Wildman–Crippen LogP) is 2.82. The molecule has 1 atom stereocenters. The number of carbonyl (C=O) groups is 3. The van der Waals surface area contributed by atoms with Crippen molar-refractivity contribution in [3.8, 4) is 0 Å². The fourth-order valence-corrected chi connectivity index (χ4v) is 1.91. The fraction of sp³-hybridized carbons (Fsp3) is 0.471. The van der Waals surface area contributed by atoms with Gasteiger partial charge >= 0.3 is 12.1 Å². The van der Waals surface area contributed by atoms with E-state index in [-0.39, 0.29) is 17.2 Å². The first kappa shape index (κ1) is 19.6. The lowest BCUT2D eigenvalue weighted by atomic mass is 9.90. The zero-order valence-corrected chi connectivity index (χ0v) is 14.5. The molecule has 24 heavy (non-hydrogen) atoms. The summed E-state index contributed by atoms with van der Waals surface area (Å²) in [7, 11) is 0. The van der Waals surface area contributed by atoms with E-state index < -0.39 is 29.0 Å². The van der Waals surface area contributed by atoms with Crippen LogP contribution in [0.1, 0.15) is 45.0 Å². The molecule has 7 heteroatoms. The molecule has 132 valence electrons. The second kappa shape index (κ2) is 7.44. The zero-order valence-electron chi connectivity index (χ0n) is 14.5. The molecule has 0 aliphatic rings. The van der Waals surface area contributed by atoms with Crippen LogP contribution in [0.4, 0.5) is 4.79 Å². The van der Waals surface area contributed by atoms with Gasteiger partial charge in [-0.25, -0.2) is 9.59 Å². The van der Waals surface area contributed by atoms with Gasteiger partial charge in [-0.1, -0.05) is 30.3 Å². The molecule has 0 spiro atoms. The number of Topliss-reactive ketones (excluding diaryl/α,β-unsaturated/α-hetero) is 1. The van der Waals surface area contributed by atoms with Crippen molar-refractivity contribution < 1.29 is 29.1 Å². The topological polar surface area (TPSA) is 93.1 Å². The lowest BCUT2D eigenvalue weighted by Crippen LogP contribution is -2.60. The summed E-state index contributed by atoms with van der Waals surface area (Å²) < 4.78 is 9.92. The van der Waals surface area contributed by atoms with Gasteiger partial charge in [0.1, 0.15) is 5.60 Å². The Morgan fingerprint density at radius 1 is 1.08 bits per heavy atom. The van der Waals surface area contributed by atoms with Crippen LogP contribution in [0.25, 0.3) is 0 Å². The van der Waals surface area contributed by atoms with Crippen LogP contribution in [0.15, 0.2) is 30.3 Å². The van der Waals surface area contributed by atoms with E-state index in [1.807, 2.05) is 0 Å². The van der Waals surface area contributed by atoms with Gasteiger partial charge in [0.25, 0.3) is 0 Å². The van der Waals surface area contributed by atoms with Gasteiger partial charge in [0.15, 0.2) is 0 Å². The van der Waals surface area contributed by atoms with Crippen LogP contribution >= 0.6 is 0 Å². The smallest absolute Gasteiger partial charge is 0.435 e. The van der Waals surface area contributed by atoms with Gasteiger partial charge in [0.05, 0.1) is 6.61 Å². The lowest BCUT2D eigenvalue weighted by Gasteiger charge is -2.34. The molecule has 0 saturated carbocycles. The monoisotopic (exact) mass is 337 g/mol. The van der Waals surface area contributed by atoms with Gasteiger partial charge < -0.3 is 9.47 Å². The molecule has 0 fully saturated rings. The summed E-state index contributed by atoms with van der Waals surface area (Å²) in [6, 6.07) is 7.86. The molecule has 0 aromatic heterocycles. The van der Waals surface area contributed by atoms with Crippen LogP contribution < -0.4 is 0 Å². The second-order valence-corrected chi connectivity index (χ2v) is 6.28. The van der Waals surface area contributed by atoms with E-state index in [0.717, 1.165) is 6.92 Å². The number of ether oxygens (including phenoxy) is 2. The molecule has 1 rings (SSSR count). The van der Waals surface area contributed by atoms with Crippen LogP contribution in [-0.2, 0) is 14.3 Å². The number of esters is 1. The number of hydroxylamine groups is 2. The zero-order chi connectivity index (χ0) is 18.5. The van der Waals surface area contributed by atoms with Crippen LogP contribution in [0, 0.1) is 0 Å². The maximum Gasteiger partial charge on any atom is 0.435 e. The summed E-state index contributed by atoms with van der Waals surface area (Å²) in [6.07, 6.45) is -1.22. The fourth-order valence-electron chi connectivity index (χ4n) is 1.91. The van der Waals surface area contributed by atoms with Crippen molar-refractivity contribution in [1.29, 1.82) is 0 Å². The third kappa shape index (κ3) is 4.32. The van der Waals surface area contributed by atoms with Gasteiger partial charge in [-0.05, 0) is 34.6 Å². The normalized spacial score (nSPS) is 13.6. The number of nitrogens with zero attached hydrogens (tertiary/aromatic N) is 1. The molecule has 0 aliphatic carbocycles.